The standard InChI is InChI=1S/C24H21N5O/c1-16-6-4-8-19-20(24(30)29-10-2-3-11-29)12-21(28-22(16)19)18-14-26-23(27-15-18)17-7-5-9-25-13-17/h4-9,12-15H,2-3,10-11H2,1H3. The molecule has 5 rings (SSSR count). The Morgan fingerprint density at radius 2 is 1.77 bits per heavy atom. The van der Waals surface area contributed by atoms with Crippen molar-refractivity contribution < 1.29 is 4.79 Å². The summed E-state index contributed by atoms with van der Waals surface area (Å²) in [5, 5.41) is 0.892. The van der Waals surface area contributed by atoms with Crippen molar-refractivity contribution in [3.8, 4) is 22.6 Å². The van der Waals surface area contributed by atoms with Gasteiger partial charge >= 0.3 is 0 Å². The van der Waals surface area contributed by atoms with Gasteiger partial charge in [-0.25, -0.2) is 15.0 Å². The number of hydrogen-bond acceptors (Lipinski definition) is 5. The van der Waals surface area contributed by atoms with Gasteiger partial charge in [-0.15, -0.1) is 0 Å². The van der Waals surface area contributed by atoms with Crippen molar-refractivity contribution in [1.82, 2.24) is 24.8 Å². The van der Waals surface area contributed by atoms with Gasteiger partial charge < -0.3 is 4.90 Å². The third-order valence-corrected chi connectivity index (χ3v) is 5.53. The minimum Gasteiger partial charge on any atom is -0.339 e. The lowest BCUT2D eigenvalue weighted by Gasteiger charge is -2.18. The molecule has 0 bridgehead atoms. The van der Waals surface area contributed by atoms with E-state index < -0.39 is 0 Å². The van der Waals surface area contributed by atoms with Crippen LogP contribution in [0, 0.1) is 6.92 Å². The van der Waals surface area contributed by atoms with Gasteiger partial charge in [-0.3, -0.25) is 9.78 Å². The van der Waals surface area contributed by atoms with Crippen LogP contribution in [0.1, 0.15) is 28.8 Å². The Morgan fingerprint density at radius 1 is 0.967 bits per heavy atom. The first-order chi connectivity index (χ1) is 14.7. The van der Waals surface area contributed by atoms with Crippen molar-refractivity contribution in [3.63, 3.8) is 0 Å². The van der Waals surface area contributed by atoms with E-state index in [0.717, 1.165) is 53.5 Å². The number of fused-ring (bicyclic) bond motifs is 1. The van der Waals surface area contributed by atoms with Crippen LogP contribution in [0.2, 0.25) is 0 Å². The first-order valence-corrected chi connectivity index (χ1v) is 10.1. The van der Waals surface area contributed by atoms with Gasteiger partial charge in [-0.2, -0.15) is 0 Å². The van der Waals surface area contributed by atoms with Crippen molar-refractivity contribution in [2.24, 2.45) is 0 Å². The van der Waals surface area contributed by atoms with Crippen LogP contribution >= 0.6 is 0 Å². The summed E-state index contributed by atoms with van der Waals surface area (Å²) < 4.78 is 0. The van der Waals surface area contributed by atoms with Crippen LogP contribution in [0.15, 0.2) is 61.2 Å². The molecule has 1 aliphatic heterocycles. The van der Waals surface area contributed by atoms with E-state index in [4.69, 9.17) is 4.98 Å². The van der Waals surface area contributed by atoms with Crippen LogP contribution in [-0.4, -0.2) is 43.8 Å². The number of rotatable bonds is 3. The third kappa shape index (κ3) is 3.30. The topological polar surface area (TPSA) is 71.9 Å². The maximum absolute atomic E-state index is 13.3. The molecule has 0 radical (unpaired) electrons. The molecule has 1 fully saturated rings. The fraction of sp³-hybridized carbons (Fsp3) is 0.208. The van der Waals surface area contributed by atoms with Crippen LogP contribution < -0.4 is 0 Å². The fourth-order valence-electron chi connectivity index (χ4n) is 3.91. The summed E-state index contributed by atoms with van der Waals surface area (Å²) in [7, 11) is 0. The largest absolute Gasteiger partial charge is 0.339 e. The molecule has 4 heterocycles. The average molecular weight is 395 g/mol. The summed E-state index contributed by atoms with van der Waals surface area (Å²) in [6, 6.07) is 11.6. The van der Waals surface area contributed by atoms with Crippen molar-refractivity contribution in [3.05, 3.63) is 72.3 Å². The van der Waals surface area contributed by atoms with Gasteiger partial charge in [-0.1, -0.05) is 18.2 Å². The number of amides is 1. The third-order valence-electron chi connectivity index (χ3n) is 5.53. The SMILES string of the molecule is Cc1cccc2c(C(=O)N3CCCC3)cc(-c3cnc(-c4cccnc4)nc3)nc12. The highest BCUT2D eigenvalue weighted by Gasteiger charge is 2.23. The van der Waals surface area contributed by atoms with Crippen molar-refractivity contribution in [1.29, 1.82) is 0 Å². The fourth-order valence-corrected chi connectivity index (χ4v) is 3.91. The Bertz CT molecular complexity index is 1220. The molecular formula is C24H21N5O. The Labute approximate surface area is 174 Å². The number of aromatic nitrogens is 4. The highest BCUT2D eigenvalue weighted by molar-refractivity contribution is 6.07. The van der Waals surface area contributed by atoms with E-state index >= 15 is 0 Å². The minimum atomic E-state index is 0.0691. The molecule has 0 spiro atoms. The van der Waals surface area contributed by atoms with E-state index in [1.165, 1.54) is 0 Å². The molecule has 0 aliphatic carbocycles. The van der Waals surface area contributed by atoms with Crippen molar-refractivity contribution in [2.45, 2.75) is 19.8 Å². The quantitative estimate of drug-likeness (QED) is 0.517. The summed E-state index contributed by atoms with van der Waals surface area (Å²) >= 11 is 0. The normalized spacial score (nSPS) is 13.7. The highest BCUT2D eigenvalue weighted by atomic mass is 16.2. The van der Waals surface area contributed by atoms with Crippen LogP contribution in [0.4, 0.5) is 0 Å². The Hall–Kier alpha value is -3.67. The van der Waals surface area contributed by atoms with Crippen molar-refractivity contribution in [2.75, 3.05) is 13.1 Å². The predicted molar refractivity (Wildman–Crippen MR) is 116 cm³/mol. The molecule has 4 aromatic rings. The smallest absolute Gasteiger partial charge is 0.254 e. The van der Waals surface area contributed by atoms with Gasteiger partial charge in [0.05, 0.1) is 16.8 Å². The summed E-state index contributed by atoms with van der Waals surface area (Å²) in [4.78, 5) is 33.1. The van der Waals surface area contributed by atoms with Crippen LogP contribution in [0.25, 0.3) is 33.5 Å². The summed E-state index contributed by atoms with van der Waals surface area (Å²) in [6.07, 6.45) is 9.09. The zero-order valence-corrected chi connectivity index (χ0v) is 16.7. The van der Waals surface area contributed by atoms with E-state index in [1.54, 1.807) is 24.8 Å². The minimum absolute atomic E-state index is 0.0691. The lowest BCUT2D eigenvalue weighted by atomic mass is 10.0. The summed E-state index contributed by atoms with van der Waals surface area (Å²) in [5.74, 6) is 0.678. The number of carbonyl (C=O) groups excluding carboxylic acids is 1. The Balaban J connectivity index is 1.61. The predicted octanol–water partition coefficient (Wildman–Crippen LogP) is 4.30. The lowest BCUT2D eigenvalue weighted by Crippen LogP contribution is -2.28. The summed E-state index contributed by atoms with van der Waals surface area (Å²) in [6.45, 7) is 3.64. The van der Waals surface area contributed by atoms with Gasteiger partial charge in [0.15, 0.2) is 5.82 Å². The monoisotopic (exact) mass is 395 g/mol. The Morgan fingerprint density at radius 3 is 2.50 bits per heavy atom. The zero-order chi connectivity index (χ0) is 20.5. The van der Waals surface area contributed by atoms with E-state index in [1.807, 2.05) is 48.2 Å². The van der Waals surface area contributed by atoms with E-state index in [0.29, 0.717) is 17.1 Å². The number of para-hydroxylation sites is 1. The molecule has 1 amide bonds. The molecule has 3 aromatic heterocycles. The van der Waals surface area contributed by atoms with Crippen LogP contribution in [0.5, 0.6) is 0 Å². The van der Waals surface area contributed by atoms with E-state index in [9.17, 15) is 4.79 Å². The van der Waals surface area contributed by atoms with Gasteiger partial charge in [0.2, 0.25) is 0 Å². The van der Waals surface area contributed by atoms with Gasteiger partial charge in [0, 0.05) is 54.4 Å². The number of likely N-dealkylation sites (tertiary alicyclic amines) is 1. The second-order valence-electron chi connectivity index (χ2n) is 7.56. The first kappa shape index (κ1) is 18.4. The van der Waals surface area contributed by atoms with Gasteiger partial charge in [0.25, 0.3) is 5.91 Å². The second-order valence-corrected chi connectivity index (χ2v) is 7.56. The number of carbonyl (C=O) groups is 1. The molecule has 0 atom stereocenters. The molecule has 1 aliphatic rings. The Kier molecular flexibility index (Phi) is 4.67. The molecule has 1 saturated heterocycles. The van der Waals surface area contributed by atoms with E-state index in [2.05, 4.69) is 15.0 Å². The van der Waals surface area contributed by atoms with E-state index in [-0.39, 0.29) is 5.91 Å². The van der Waals surface area contributed by atoms with Crippen LogP contribution in [-0.2, 0) is 0 Å². The molecule has 0 N–H and O–H groups in total. The van der Waals surface area contributed by atoms with Gasteiger partial charge in [-0.05, 0) is 43.5 Å². The number of hydrogen-bond donors (Lipinski definition) is 0. The molecule has 30 heavy (non-hydrogen) atoms. The van der Waals surface area contributed by atoms with Crippen molar-refractivity contribution >= 4 is 16.8 Å². The lowest BCUT2D eigenvalue weighted by molar-refractivity contribution is 0.0794. The summed E-state index contributed by atoms with van der Waals surface area (Å²) in [5.41, 5.74) is 4.92. The van der Waals surface area contributed by atoms with Crippen LogP contribution in [0.3, 0.4) is 0 Å². The molecule has 0 saturated carbocycles. The molecule has 148 valence electrons. The first-order valence-electron chi connectivity index (χ1n) is 10.1. The maximum Gasteiger partial charge on any atom is 0.254 e. The number of pyridine rings is 2. The number of benzene rings is 1. The molecule has 6 nitrogen and oxygen atoms in total. The average Bonchev–Trinajstić information content (AvgIpc) is 3.34. The highest BCUT2D eigenvalue weighted by Crippen LogP contribution is 2.28. The molecule has 0 unspecified atom stereocenters. The number of aryl methyl sites for hydroxylation is 1. The second kappa shape index (κ2) is 7.63. The zero-order valence-electron chi connectivity index (χ0n) is 16.7. The van der Waals surface area contributed by atoms with Gasteiger partial charge in [0.1, 0.15) is 0 Å². The molecule has 1 aromatic carbocycles. The molecule has 6 heteroatoms. The maximum atomic E-state index is 13.3. The number of nitrogens with zero attached hydrogens (tertiary/aromatic N) is 5. The molecular weight excluding hydrogens is 374 g/mol.